The third kappa shape index (κ3) is 5.44. The maximum absolute atomic E-state index is 11.3. The Morgan fingerprint density at radius 1 is 0.967 bits per heavy atom. The minimum Gasteiger partial charge on any atom is -0.481 e. The monoisotopic (exact) mass is 414 g/mol. The van der Waals surface area contributed by atoms with Gasteiger partial charge < -0.3 is 9.84 Å². The first-order chi connectivity index (χ1) is 14.3. The molecule has 1 N–H and O–H groups in total. The van der Waals surface area contributed by atoms with Crippen molar-refractivity contribution in [2.75, 3.05) is 0 Å². The average molecular weight is 415 g/mol. The molecule has 0 amide bonds. The van der Waals surface area contributed by atoms with Crippen LogP contribution < -0.4 is 0 Å². The lowest BCUT2D eigenvalue weighted by molar-refractivity contribution is -0.143. The molecule has 1 aromatic rings. The van der Waals surface area contributed by atoms with E-state index in [0.717, 1.165) is 83.5 Å². The second-order valence-electron chi connectivity index (χ2n) is 9.83. The van der Waals surface area contributed by atoms with E-state index >= 15 is 0 Å². The van der Waals surface area contributed by atoms with Gasteiger partial charge in [0, 0.05) is 0 Å². The van der Waals surface area contributed by atoms with Gasteiger partial charge in [0.05, 0.1) is 5.41 Å². The van der Waals surface area contributed by atoms with Crippen LogP contribution in [0.5, 0.6) is 0 Å². The van der Waals surface area contributed by atoms with Crippen molar-refractivity contribution in [1.29, 1.82) is 0 Å². The number of aliphatic carboxylic acids is 1. The fraction of sp³-hybridized carbons (Fsp3) is 0.692. The Morgan fingerprint density at radius 2 is 1.63 bits per heavy atom. The van der Waals surface area contributed by atoms with Crippen LogP contribution in [-0.4, -0.2) is 23.1 Å². The predicted molar refractivity (Wildman–Crippen MR) is 119 cm³/mol. The lowest BCUT2D eigenvalue weighted by atomic mass is 9.88. The third-order valence-electron chi connectivity index (χ3n) is 7.69. The van der Waals surface area contributed by atoms with Crippen LogP contribution in [0.2, 0.25) is 0 Å². The van der Waals surface area contributed by atoms with E-state index < -0.39 is 5.97 Å². The van der Waals surface area contributed by atoms with E-state index in [4.69, 9.17) is 4.74 Å². The molecule has 0 unspecified atom stereocenters. The van der Waals surface area contributed by atoms with E-state index in [1.165, 1.54) is 27.8 Å². The smallest absolute Gasteiger partial charge is 0.309 e. The van der Waals surface area contributed by atoms with Gasteiger partial charge in [0.1, 0.15) is 5.60 Å². The van der Waals surface area contributed by atoms with Gasteiger partial charge in [-0.1, -0.05) is 18.9 Å². The molecule has 0 bridgehead atoms. The molecule has 2 aliphatic carbocycles. The summed E-state index contributed by atoms with van der Waals surface area (Å²) in [5.41, 5.74) is 6.67. The van der Waals surface area contributed by atoms with Crippen molar-refractivity contribution >= 4 is 12.4 Å². The van der Waals surface area contributed by atoms with E-state index in [9.17, 15) is 14.7 Å². The number of carbonyl (C=O) groups is 2. The molecule has 0 atom stereocenters. The van der Waals surface area contributed by atoms with Crippen LogP contribution in [0.4, 0.5) is 0 Å². The SMILES string of the molecule is Cc1cc(CCCCCC2(C(=O)O)CC2)c(C)c(C)c1CCCCC1(OC=O)CC1. The van der Waals surface area contributed by atoms with Crippen molar-refractivity contribution in [3.05, 3.63) is 33.9 Å². The topological polar surface area (TPSA) is 63.6 Å². The molecule has 0 aromatic heterocycles. The molecule has 0 saturated heterocycles. The van der Waals surface area contributed by atoms with Crippen LogP contribution in [0, 0.1) is 26.2 Å². The Balaban J connectivity index is 1.44. The van der Waals surface area contributed by atoms with Crippen molar-refractivity contribution in [3.63, 3.8) is 0 Å². The zero-order valence-corrected chi connectivity index (χ0v) is 19.0. The fourth-order valence-electron chi connectivity index (χ4n) is 4.96. The molecule has 0 spiro atoms. The number of benzene rings is 1. The van der Waals surface area contributed by atoms with Crippen LogP contribution in [0.1, 0.15) is 98.4 Å². The molecule has 4 nitrogen and oxygen atoms in total. The Bertz CT molecular complexity index is 772. The highest BCUT2D eigenvalue weighted by atomic mass is 16.5. The lowest BCUT2D eigenvalue weighted by Crippen LogP contribution is -2.14. The summed E-state index contributed by atoms with van der Waals surface area (Å²) in [5.74, 6) is -0.594. The first kappa shape index (κ1) is 22.8. The zero-order chi connectivity index (χ0) is 21.8. The number of carbonyl (C=O) groups excluding carboxylic acids is 1. The number of ether oxygens (including phenoxy) is 1. The first-order valence-electron chi connectivity index (χ1n) is 11.8. The standard InChI is InChI=1S/C26H38O4/c1-19-17-22(9-5-4-7-11-25(13-14-25)24(28)29)20(2)21(3)23(19)10-6-8-12-26(15-16-26)30-18-27/h17-18H,4-16H2,1-3H3,(H,28,29). The van der Waals surface area contributed by atoms with Crippen molar-refractivity contribution in [3.8, 4) is 0 Å². The van der Waals surface area contributed by atoms with Gasteiger partial charge in [0.15, 0.2) is 0 Å². The average Bonchev–Trinajstić information content (AvgIpc) is 3.62. The van der Waals surface area contributed by atoms with Crippen LogP contribution in [0.15, 0.2) is 6.07 Å². The molecule has 3 rings (SSSR count). The number of aryl methyl sites for hydroxylation is 2. The third-order valence-corrected chi connectivity index (χ3v) is 7.69. The van der Waals surface area contributed by atoms with Crippen molar-refractivity contribution in [1.82, 2.24) is 0 Å². The quantitative estimate of drug-likeness (QED) is 0.300. The van der Waals surface area contributed by atoms with E-state index in [1.54, 1.807) is 0 Å². The van der Waals surface area contributed by atoms with Gasteiger partial charge >= 0.3 is 5.97 Å². The summed E-state index contributed by atoms with van der Waals surface area (Å²) < 4.78 is 5.25. The summed E-state index contributed by atoms with van der Waals surface area (Å²) in [5, 5.41) is 9.29. The molecular weight excluding hydrogens is 376 g/mol. The van der Waals surface area contributed by atoms with Gasteiger partial charge in [-0.2, -0.15) is 0 Å². The molecule has 1 aromatic carbocycles. The predicted octanol–water partition coefficient (Wildman–Crippen LogP) is 6.00. The highest BCUT2D eigenvalue weighted by Crippen LogP contribution is 2.50. The summed E-state index contributed by atoms with van der Waals surface area (Å²) in [6, 6.07) is 2.37. The normalized spacial score (nSPS) is 18.1. The Hall–Kier alpha value is -1.84. The highest BCUT2D eigenvalue weighted by molar-refractivity contribution is 5.77. The van der Waals surface area contributed by atoms with Crippen LogP contribution >= 0.6 is 0 Å². The maximum Gasteiger partial charge on any atom is 0.309 e. The van der Waals surface area contributed by atoms with Crippen LogP contribution in [0.3, 0.4) is 0 Å². The molecular formula is C26H38O4. The first-order valence-corrected chi connectivity index (χ1v) is 11.8. The summed E-state index contributed by atoms with van der Waals surface area (Å²) in [4.78, 5) is 21.9. The summed E-state index contributed by atoms with van der Waals surface area (Å²) in [6.07, 6.45) is 13.3. The van der Waals surface area contributed by atoms with Gasteiger partial charge in [-0.3, -0.25) is 9.59 Å². The molecule has 2 fully saturated rings. The van der Waals surface area contributed by atoms with E-state index in [1.807, 2.05) is 0 Å². The Morgan fingerprint density at radius 3 is 2.23 bits per heavy atom. The summed E-state index contributed by atoms with van der Waals surface area (Å²) >= 11 is 0. The number of carboxylic acids is 1. The number of carboxylic acid groups (broad SMARTS) is 1. The van der Waals surface area contributed by atoms with Gasteiger partial charge in [-0.25, -0.2) is 0 Å². The van der Waals surface area contributed by atoms with Crippen LogP contribution in [0.25, 0.3) is 0 Å². The number of rotatable bonds is 14. The summed E-state index contributed by atoms with van der Waals surface area (Å²) in [7, 11) is 0. The van der Waals surface area contributed by atoms with E-state index in [2.05, 4.69) is 26.8 Å². The second kappa shape index (κ2) is 9.53. The second-order valence-corrected chi connectivity index (χ2v) is 9.83. The molecule has 4 heteroatoms. The Labute approximate surface area is 181 Å². The van der Waals surface area contributed by atoms with Crippen molar-refractivity contribution in [2.45, 2.75) is 110 Å². The van der Waals surface area contributed by atoms with E-state index in [0.29, 0.717) is 6.47 Å². The van der Waals surface area contributed by atoms with Gasteiger partial charge in [-0.15, -0.1) is 0 Å². The highest BCUT2D eigenvalue weighted by Gasteiger charge is 2.49. The molecule has 0 heterocycles. The lowest BCUT2D eigenvalue weighted by Gasteiger charge is -2.18. The fourth-order valence-corrected chi connectivity index (χ4v) is 4.96. The van der Waals surface area contributed by atoms with E-state index in [-0.39, 0.29) is 11.0 Å². The molecule has 0 aliphatic heterocycles. The molecule has 2 saturated carbocycles. The van der Waals surface area contributed by atoms with Gasteiger partial charge in [0.2, 0.25) is 0 Å². The number of unbranched alkanes of at least 4 members (excludes halogenated alkanes) is 3. The van der Waals surface area contributed by atoms with Gasteiger partial charge in [-0.05, 0) is 119 Å². The van der Waals surface area contributed by atoms with Gasteiger partial charge in [0.25, 0.3) is 6.47 Å². The van der Waals surface area contributed by atoms with Crippen molar-refractivity contribution in [2.24, 2.45) is 5.41 Å². The molecule has 30 heavy (non-hydrogen) atoms. The minimum atomic E-state index is -0.594. The molecule has 0 radical (unpaired) electrons. The maximum atomic E-state index is 11.3. The zero-order valence-electron chi connectivity index (χ0n) is 19.0. The minimum absolute atomic E-state index is 0.130. The number of hydrogen-bond donors (Lipinski definition) is 1. The molecule has 166 valence electrons. The summed E-state index contributed by atoms with van der Waals surface area (Å²) in [6.45, 7) is 7.34. The largest absolute Gasteiger partial charge is 0.481 e. The van der Waals surface area contributed by atoms with Crippen LogP contribution in [-0.2, 0) is 27.2 Å². The number of hydrogen-bond acceptors (Lipinski definition) is 3. The molecule has 2 aliphatic rings. The Kier molecular flexibility index (Phi) is 7.26. The van der Waals surface area contributed by atoms with Crippen molar-refractivity contribution < 1.29 is 19.4 Å².